The zero-order chi connectivity index (χ0) is 21.1. The topological polar surface area (TPSA) is 62.3 Å². The van der Waals surface area contributed by atoms with Crippen molar-refractivity contribution in [1.82, 2.24) is 4.98 Å². The summed E-state index contributed by atoms with van der Waals surface area (Å²) < 4.78 is 13.1. The van der Waals surface area contributed by atoms with Crippen molar-refractivity contribution < 1.29 is 14.0 Å². The number of hydrogen-bond acceptors (Lipinski definition) is 4. The monoisotopic (exact) mass is 441 g/mol. The lowest BCUT2D eigenvalue weighted by Gasteiger charge is -2.22. The van der Waals surface area contributed by atoms with Gasteiger partial charge in [-0.2, -0.15) is 0 Å². The Morgan fingerprint density at radius 2 is 2.00 bits per heavy atom. The fourth-order valence-electron chi connectivity index (χ4n) is 3.18. The van der Waals surface area contributed by atoms with Crippen LogP contribution in [0.25, 0.3) is 0 Å². The Morgan fingerprint density at radius 3 is 2.83 bits per heavy atom. The van der Waals surface area contributed by atoms with Crippen LogP contribution in [0.2, 0.25) is 5.02 Å². The third-order valence-corrected chi connectivity index (χ3v) is 6.00. The maximum atomic E-state index is 13.2. The molecule has 30 heavy (non-hydrogen) atoms. The molecule has 2 amide bonds. The lowest BCUT2D eigenvalue weighted by atomic mass is 10.2. The smallest absolute Gasteiger partial charge is 0.261 e. The lowest BCUT2D eigenvalue weighted by Crippen LogP contribution is -2.32. The lowest BCUT2D eigenvalue weighted by molar-refractivity contribution is -0.116. The molecule has 0 radical (unpaired) electrons. The molecular formula is C22H17ClFN3O2S. The summed E-state index contributed by atoms with van der Waals surface area (Å²) in [7, 11) is 0. The molecule has 0 atom stereocenters. The minimum Gasteiger partial charge on any atom is -0.325 e. The maximum Gasteiger partial charge on any atom is 0.261 e. The largest absolute Gasteiger partial charge is 0.325 e. The van der Waals surface area contributed by atoms with Crippen LogP contribution >= 0.6 is 23.4 Å². The Balaban J connectivity index is 1.47. The van der Waals surface area contributed by atoms with Gasteiger partial charge in [-0.05, 0) is 48.9 Å². The van der Waals surface area contributed by atoms with Crippen LogP contribution in [-0.4, -0.2) is 23.3 Å². The Hall–Kier alpha value is -2.90. The number of amides is 2. The summed E-state index contributed by atoms with van der Waals surface area (Å²) >= 11 is 7.41. The van der Waals surface area contributed by atoms with Gasteiger partial charge in [0.25, 0.3) is 5.91 Å². The third-order valence-electron chi connectivity index (χ3n) is 4.60. The second-order valence-corrected chi connectivity index (χ2v) is 8.10. The van der Waals surface area contributed by atoms with Crippen molar-refractivity contribution in [2.24, 2.45) is 0 Å². The third kappa shape index (κ3) is 4.32. The molecule has 0 spiro atoms. The second kappa shape index (κ2) is 8.85. The molecule has 0 aliphatic carbocycles. The van der Waals surface area contributed by atoms with Crippen LogP contribution < -0.4 is 10.2 Å². The van der Waals surface area contributed by atoms with Gasteiger partial charge in [0.1, 0.15) is 10.8 Å². The highest BCUT2D eigenvalue weighted by Gasteiger charge is 2.27. The number of carbonyl (C=O) groups excluding carboxylic acids is 2. The number of aromatic nitrogens is 1. The molecule has 2 heterocycles. The van der Waals surface area contributed by atoms with Crippen LogP contribution in [0.15, 0.2) is 70.7 Å². The van der Waals surface area contributed by atoms with Crippen LogP contribution in [0.4, 0.5) is 15.8 Å². The Bertz CT molecular complexity index is 1130. The molecule has 3 aromatic rings. The predicted molar refractivity (Wildman–Crippen MR) is 116 cm³/mol. The fraction of sp³-hybridized carbons (Fsp3) is 0.136. The number of rotatable bonds is 5. The van der Waals surface area contributed by atoms with E-state index >= 15 is 0 Å². The number of nitrogens with one attached hydrogen (secondary N) is 1. The molecule has 1 aliphatic rings. The van der Waals surface area contributed by atoms with Crippen LogP contribution in [-0.2, 0) is 4.79 Å². The average Bonchev–Trinajstić information content (AvgIpc) is 2.85. The molecule has 4 rings (SSSR count). The van der Waals surface area contributed by atoms with Gasteiger partial charge in [-0.3, -0.25) is 9.59 Å². The number of benzene rings is 2. The molecule has 0 unspecified atom stereocenters. The van der Waals surface area contributed by atoms with Gasteiger partial charge in [0, 0.05) is 24.1 Å². The Labute approximate surface area is 182 Å². The molecule has 8 heteroatoms. The summed E-state index contributed by atoms with van der Waals surface area (Å²) in [5.41, 5.74) is 1.70. The number of pyridine rings is 1. The van der Waals surface area contributed by atoms with Gasteiger partial charge in [-0.15, -0.1) is 0 Å². The van der Waals surface area contributed by atoms with E-state index in [2.05, 4.69) is 10.3 Å². The van der Waals surface area contributed by atoms with Crippen molar-refractivity contribution in [3.8, 4) is 0 Å². The first-order chi connectivity index (χ1) is 14.5. The zero-order valence-electron chi connectivity index (χ0n) is 15.8. The summed E-state index contributed by atoms with van der Waals surface area (Å²) in [5.74, 6) is -0.864. The van der Waals surface area contributed by atoms with Gasteiger partial charge in [-0.1, -0.05) is 35.5 Å². The molecule has 2 aromatic carbocycles. The molecular weight excluding hydrogens is 425 g/mol. The number of nitrogens with zero attached hydrogens (tertiary/aromatic N) is 2. The number of anilines is 2. The first kappa shape index (κ1) is 20.4. The molecule has 5 nitrogen and oxygen atoms in total. The van der Waals surface area contributed by atoms with E-state index < -0.39 is 5.82 Å². The predicted octanol–water partition coefficient (Wildman–Crippen LogP) is 5.40. The summed E-state index contributed by atoms with van der Waals surface area (Å²) in [6, 6.07) is 15.0. The van der Waals surface area contributed by atoms with Crippen molar-refractivity contribution in [3.05, 3.63) is 77.2 Å². The second-order valence-electron chi connectivity index (χ2n) is 6.66. The number of halogens is 2. The van der Waals surface area contributed by atoms with Crippen molar-refractivity contribution in [2.75, 3.05) is 16.8 Å². The van der Waals surface area contributed by atoms with E-state index in [1.165, 1.54) is 23.9 Å². The van der Waals surface area contributed by atoms with E-state index in [0.29, 0.717) is 29.2 Å². The first-order valence-electron chi connectivity index (χ1n) is 9.31. The van der Waals surface area contributed by atoms with Gasteiger partial charge in [-0.25, -0.2) is 9.37 Å². The molecule has 1 aromatic heterocycles. The highest BCUT2D eigenvalue weighted by Crippen LogP contribution is 2.40. The SMILES string of the molecule is O=C(CCCN1C(=O)c2cccnc2Sc2ccccc21)Nc1ccc(F)cc1Cl. The Morgan fingerprint density at radius 1 is 1.17 bits per heavy atom. The zero-order valence-corrected chi connectivity index (χ0v) is 17.3. The summed E-state index contributed by atoms with van der Waals surface area (Å²) in [4.78, 5) is 32.4. The molecule has 0 saturated heterocycles. The number of para-hydroxylation sites is 1. The van der Waals surface area contributed by atoms with Crippen molar-refractivity contribution >= 4 is 46.6 Å². The number of hydrogen-bond donors (Lipinski definition) is 1. The minimum atomic E-state index is -0.469. The molecule has 0 fully saturated rings. The van der Waals surface area contributed by atoms with Gasteiger partial charge in [0.15, 0.2) is 0 Å². The van der Waals surface area contributed by atoms with E-state index in [0.717, 1.165) is 16.6 Å². The molecule has 0 saturated carbocycles. The first-order valence-corrected chi connectivity index (χ1v) is 10.5. The van der Waals surface area contributed by atoms with Gasteiger partial charge < -0.3 is 10.2 Å². The average molecular weight is 442 g/mol. The van der Waals surface area contributed by atoms with Gasteiger partial charge >= 0.3 is 0 Å². The van der Waals surface area contributed by atoms with E-state index in [1.54, 1.807) is 23.2 Å². The highest BCUT2D eigenvalue weighted by molar-refractivity contribution is 7.99. The summed E-state index contributed by atoms with van der Waals surface area (Å²) in [6.07, 6.45) is 2.31. The van der Waals surface area contributed by atoms with Gasteiger partial charge in [0.05, 0.1) is 22.0 Å². The Kier molecular flexibility index (Phi) is 6.01. The van der Waals surface area contributed by atoms with Crippen LogP contribution in [0.3, 0.4) is 0 Å². The van der Waals surface area contributed by atoms with E-state index in [-0.39, 0.29) is 23.3 Å². The van der Waals surface area contributed by atoms with Crippen molar-refractivity contribution in [3.63, 3.8) is 0 Å². The minimum absolute atomic E-state index is 0.140. The van der Waals surface area contributed by atoms with E-state index in [9.17, 15) is 14.0 Å². The number of carbonyl (C=O) groups is 2. The molecule has 152 valence electrons. The normalized spacial score (nSPS) is 12.7. The van der Waals surface area contributed by atoms with Gasteiger partial charge in [0.2, 0.25) is 5.91 Å². The molecule has 0 bridgehead atoms. The summed E-state index contributed by atoms with van der Waals surface area (Å²) in [6.45, 7) is 0.370. The van der Waals surface area contributed by atoms with E-state index in [4.69, 9.17) is 11.6 Å². The fourth-order valence-corrected chi connectivity index (χ4v) is 4.41. The molecule has 1 aliphatic heterocycles. The maximum absolute atomic E-state index is 13.2. The molecule has 1 N–H and O–H groups in total. The van der Waals surface area contributed by atoms with Crippen LogP contribution in [0, 0.1) is 5.82 Å². The summed E-state index contributed by atoms with van der Waals surface area (Å²) in [5, 5.41) is 3.49. The van der Waals surface area contributed by atoms with Crippen LogP contribution in [0.1, 0.15) is 23.2 Å². The van der Waals surface area contributed by atoms with E-state index in [1.807, 2.05) is 24.3 Å². The number of fused-ring (bicyclic) bond motifs is 2. The van der Waals surface area contributed by atoms with Crippen LogP contribution in [0.5, 0.6) is 0 Å². The highest BCUT2D eigenvalue weighted by atomic mass is 35.5. The van der Waals surface area contributed by atoms with Crippen molar-refractivity contribution in [1.29, 1.82) is 0 Å². The van der Waals surface area contributed by atoms with Crippen molar-refractivity contribution in [2.45, 2.75) is 22.8 Å². The quantitative estimate of drug-likeness (QED) is 0.575. The standard InChI is InChI=1S/C22H17ClFN3O2S/c23-16-13-14(24)9-10-17(16)26-20(28)8-4-12-27-18-6-1-2-7-19(18)30-21-15(22(27)29)5-3-11-25-21/h1-3,5-7,9-11,13H,4,8,12H2,(H,26,28).